The zero-order chi connectivity index (χ0) is 13.2. The van der Waals surface area contributed by atoms with E-state index in [-0.39, 0.29) is 10.6 Å². The predicted molar refractivity (Wildman–Crippen MR) is 72.9 cm³/mol. The molecule has 0 aromatic heterocycles. The Morgan fingerprint density at radius 3 is 3.00 bits per heavy atom. The first-order chi connectivity index (χ1) is 9.24. The van der Waals surface area contributed by atoms with Crippen molar-refractivity contribution in [2.24, 2.45) is 5.92 Å². The van der Waals surface area contributed by atoms with Gasteiger partial charge in [0.2, 0.25) is 0 Å². The Kier molecular flexibility index (Phi) is 3.48. The van der Waals surface area contributed by atoms with Gasteiger partial charge in [-0.1, -0.05) is 18.2 Å². The molecule has 1 N–H and O–H groups in total. The van der Waals surface area contributed by atoms with E-state index < -0.39 is 0 Å². The van der Waals surface area contributed by atoms with Gasteiger partial charge in [0, 0.05) is 37.3 Å². The lowest BCUT2D eigenvalue weighted by atomic mass is 9.94. The fourth-order valence-electron chi connectivity index (χ4n) is 3.33. The van der Waals surface area contributed by atoms with Gasteiger partial charge in [-0.15, -0.1) is 0 Å². The fraction of sp³-hybridized carbons (Fsp3) is 0.571. The Bertz CT molecular complexity index is 464. The van der Waals surface area contributed by atoms with Crippen LogP contribution in [0.3, 0.4) is 0 Å². The van der Waals surface area contributed by atoms with Gasteiger partial charge in [0.05, 0.1) is 4.92 Å². The summed E-state index contributed by atoms with van der Waals surface area (Å²) in [5.41, 5.74) is 1.07. The molecule has 102 valence electrons. The van der Waals surface area contributed by atoms with Crippen molar-refractivity contribution in [3.63, 3.8) is 0 Å². The second-order valence-electron chi connectivity index (χ2n) is 5.54. The van der Waals surface area contributed by atoms with Gasteiger partial charge in [-0.05, 0) is 25.3 Å². The summed E-state index contributed by atoms with van der Waals surface area (Å²) in [5.74, 6) is 0.719. The number of piperidine rings is 1. The highest BCUT2D eigenvalue weighted by Crippen LogP contribution is 2.27. The summed E-state index contributed by atoms with van der Waals surface area (Å²) in [7, 11) is 0. The number of para-hydroxylation sites is 1. The highest BCUT2D eigenvalue weighted by Gasteiger charge is 2.34. The van der Waals surface area contributed by atoms with Crippen molar-refractivity contribution in [2.75, 3.05) is 19.6 Å². The molecular weight excluding hydrogens is 242 g/mol. The van der Waals surface area contributed by atoms with Crippen molar-refractivity contribution in [1.82, 2.24) is 10.2 Å². The third-order valence-electron chi connectivity index (χ3n) is 4.26. The summed E-state index contributed by atoms with van der Waals surface area (Å²) in [6.07, 6.45) is 2.53. The lowest BCUT2D eigenvalue weighted by Gasteiger charge is -2.24. The molecule has 0 amide bonds. The van der Waals surface area contributed by atoms with Gasteiger partial charge >= 0.3 is 0 Å². The number of likely N-dealkylation sites (tertiary alicyclic amines) is 1. The Hall–Kier alpha value is -1.46. The zero-order valence-corrected chi connectivity index (χ0v) is 10.9. The molecule has 5 nitrogen and oxygen atoms in total. The summed E-state index contributed by atoms with van der Waals surface area (Å²) in [6, 6.07) is 7.65. The Labute approximate surface area is 112 Å². The number of hydrogen-bond donors (Lipinski definition) is 1. The maximum absolute atomic E-state index is 11.0. The first kappa shape index (κ1) is 12.6. The fourth-order valence-corrected chi connectivity index (χ4v) is 3.33. The van der Waals surface area contributed by atoms with E-state index >= 15 is 0 Å². The molecule has 2 aliphatic heterocycles. The van der Waals surface area contributed by atoms with Crippen LogP contribution < -0.4 is 5.32 Å². The van der Waals surface area contributed by atoms with E-state index in [9.17, 15) is 10.1 Å². The van der Waals surface area contributed by atoms with Crippen molar-refractivity contribution in [3.05, 3.63) is 39.9 Å². The van der Waals surface area contributed by atoms with E-state index in [1.54, 1.807) is 12.1 Å². The van der Waals surface area contributed by atoms with Gasteiger partial charge in [-0.3, -0.25) is 15.0 Å². The second kappa shape index (κ2) is 5.27. The lowest BCUT2D eigenvalue weighted by molar-refractivity contribution is -0.385. The normalized spacial score (nSPS) is 27.2. The third-order valence-corrected chi connectivity index (χ3v) is 4.26. The van der Waals surface area contributed by atoms with Crippen LogP contribution in [-0.4, -0.2) is 35.5 Å². The summed E-state index contributed by atoms with van der Waals surface area (Å²) in [5, 5.41) is 14.6. The van der Waals surface area contributed by atoms with Crippen LogP contribution in [0, 0.1) is 16.0 Å². The van der Waals surface area contributed by atoms with Crippen molar-refractivity contribution in [3.8, 4) is 0 Å². The van der Waals surface area contributed by atoms with Crippen LogP contribution in [0.4, 0.5) is 5.69 Å². The van der Waals surface area contributed by atoms with Crippen molar-refractivity contribution in [1.29, 1.82) is 0 Å². The number of benzene rings is 1. The first-order valence-electron chi connectivity index (χ1n) is 6.92. The minimum absolute atomic E-state index is 0.241. The van der Waals surface area contributed by atoms with Gasteiger partial charge in [-0.25, -0.2) is 0 Å². The molecule has 1 aromatic carbocycles. The minimum Gasteiger partial charge on any atom is -0.312 e. The summed E-state index contributed by atoms with van der Waals surface area (Å²) in [4.78, 5) is 13.1. The summed E-state index contributed by atoms with van der Waals surface area (Å²) in [6.45, 7) is 3.87. The maximum Gasteiger partial charge on any atom is 0.273 e. The van der Waals surface area contributed by atoms with Crippen molar-refractivity contribution in [2.45, 2.75) is 25.4 Å². The van der Waals surface area contributed by atoms with Gasteiger partial charge in [0.25, 0.3) is 5.69 Å². The summed E-state index contributed by atoms with van der Waals surface area (Å²) < 4.78 is 0. The molecule has 0 radical (unpaired) electrons. The van der Waals surface area contributed by atoms with Crippen LogP contribution in [-0.2, 0) is 6.54 Å². The molecule has 3 rings (SSSR count). The average Bonchev–Trinajstić information content (AvgIpc) is 2.81. The van der Waals surface area contributed by atoms with E-state index in [0.717, 1.165) is 31.1 Å². The largest absolute Gasteiger partial charge is 0.312 e. The molecule has 1 aromatic rings. The van der Waals surface area contributed by atoms with Crippen LogP contribution in [0.25, 0.3) is 0 Å². The van der Waals surface area contributed by atoms with E-state index in [4.69, 9.17) is 0 Å². The minimum atomic E-state index is -0.281. The molecule has 2 atom stereocenters. The number of nitro groups is 1. The number of rotatable bonds is 3. The van der Waals surface area contributed by atoms with E-state index in [2.05, 4.69) is 10.2 Å². The van der Waals surface area contributed by atoms with Gasteiger partial charge in [0.1, 0.15) is 0 Å². The highest BCUT2D eigenvalue weighted by atomic mass is 16.6. The van der Waals surface area contributed by atoms with Crippen LogP contribution >= 0.6 is 0 Å². The smallest absolute Gasteiger partial charge is 0.273 e. The van der Waals surface area contributed by atoms with Gasteiger partial charge in [0.15, 0.2) is 0 Å². The van der Waals surface area contributed by atoms with Crippen LogP contribution in [0.1, 0.15) is 18.4 Å². The number of nitro benzene ring substituents is 1. The molecule has 2 heterocycles. The van der Waals surface area contributed by atoms with Gasteiger partial charge in [-0.2, -0.15) is 0 Å². The molecule has 0 aliphatic carbocycles. The molecule has 0 bridgehead atoms. The van der Waals surface area contributed by atoms with Crippen molar-refractivity contribution < 1.29 is 4.92 Å². The van der Waals surface area contributed by atoms with Gasteiger partial charge < -0.3 is 5.32 Å². The number of nitrogens with zero attached hydrogens (tertiary/aromatic N) is 2. The maximum atomic E-state index is 11.0. The molecule has 2 fully saturated rings. The first-order valence-corrected chi connectivity index (χ1v) is 6.92. The highest BCUT2D eigenvalue weighted by molar-refractivity contribution is 5.39. The van der Waals surface area contributed by atoms with Crippen LogP contribution in [0.2, 0.25) is 0 Å². The molecule has 5 heteroatoms. The molecular formula is C14H19N3O2. The molecule has 2 aliphatic rings. The molecule has 2 unspecified atom stereocenters. The average molecular weight is 261 g/mol. The Morgan fingerprint density at radius 2 is 2.21 bits per heavy atom. The number of hydrogen-bond acceptors (Lipinski definition) is 4. The second-order valence-corrected chi connectivity index (χ2v) is 5.54. The standard InChI is InChI=1S/C14H19N3O2/c18-17(19)14-6-2-1-4-12(14)9-16-8-11-5-3-7-15-13(11)10-16/h1-2,4,6,11,13,15H,3,5,7-10H2. The topological polar surface area (TPSA) is 58.4 Å². The van der Waals surface area contributed by atoms with Crippen molar-refractivity contribution >= 4 is 5.69 Å². The van der Waals surface area contributed by atoms with E-state index in [0.29, 0.717) is 12.6 Å². The quantitative estimate of drug-likeness (QED) is 0.665. The lowest BCUT2D eigenvalue weighted by Crippen LogP contribution is -2.40. The monoisotopic (exact) mass is 261 g/mol. The zero-order valence-electron chi connectivity index (χ0n) is 10.9. The molecule has 0 spiro atoms. The molecule has 19 heavy (non-hydrogen) atoms. The van der Waals surface area contributed by atoms with E-state index in [1.165, 1.54) is 12.8 Å². The number of fused-ring (bicyclic) bond motifs is 1. The molecule has 2 saturated heterocycles. The Morgan fingerprint density at radius 1 is 1.37 bits per heavy atom. The van der Waals surface area contributed by atoms with E-state index in [1.807, 2.05) is 12.1 Å². The van der Waals surface area contributed by atoms with Crippen LogP contribution in [0.15, 0.2) is 24.3 Å². The SMILES string of the molecule is O=[N+]([O-])c1ccccc1CN1CC2CCCNC2C1. The summed E-state index contributed by atoms with van der Waals surface area (Å²) >= 11 is 0. The third kappa shape index (κ3) is 2.62. The number of nitrogens with one attached hydrogen (secondary N) is 1. The predicted octanol–water partition coefficient (Wildman–Crippen LogP) is 1.78. The van der Waals surface area contributed by atoms with Crippen LogP contribution in [0.5, 0.6) is 0 Å². The molecule has 0 saturated carbocycles. The Balaban J connectivity index is 1.71.